The van der Waals surface area contributed by atoms with E-state index in [2.05, 4.69) is 9.59 Å². The van der Waals surface area contributed by atoms with E-state index in [1.54, 1.807) is 7.05 Å². The molecule has 96 valence electrons. The maximum absolute atomic E-state index is 13.5. The zero-order valence-corrected chi connectivity index (χ0v) is 11.1. The van der Waals surface area contributed by atoms with Crippen LogP contribution < -0.4 is 0 Å². The average Bonchev–Trinajstić information content (AvgIpc) is 2.69. The minimum atomic E-state index is -0.578. The van der Waals surface area contributed by atoms with Gasteiger partial charge in [-0.2, -0.15) is 0 Å². The molecule has 2 aromatic rings. The SMILES string of the molecule is CN(Cc1ccc(F)cc1F)Cc1nnsc1Cl. The Morgan fingerprint density at radius 1 is 1.33 bits per heavy atom. The van der Waals surface area contributed by atoms with Crippen molar-refractivity contribution in [3.8, 4) is 0 Å². The van der Waals surface area contributed by atoms with E-state index in [0.29, 0.717) is 28.7 Å². The zero-order valence-electron chi connectivity index (χ0n) is 9.53. The normalized spacial score (nSPS) is 11.2. The molecule has 3 nitrogen and oxygen atoms in total. The van der Waals surface area contributed by atoms with Gasteiger partial charge in [-0.3, -0.25) is 4.90 Å². The van der Waals surface area contributed by atoms with E-state index in [0.717, 1.165) is 17.6 Å². The molecule has 0 aliphatic heterocycles. The van der Waals surface area contributed by atoms with Gasteiger partial charge in [-0.25, -0.2) is 8.78 Å². The number of hydrogen-bond acceptors (Lipinski definition) is 4. The van der Waals surface area contributed by atoms with Crippen molar-refractivity contribution in [3.63, 3.8) is 0 Å². The molecule has 0 bridgehead atoms. The molecule has 1 heterocycles. The van der Waals surface area contributed by atoms with Crippen LogP contribution in [0.3, 0.4) is 0 Å². The fourth-order valence-corrected chi connectivity index (χ4v) is 2.16. The van der Waals surface area contributed by atoms with E-state index in [4.69, 9.17) is 11.6 Å². The summed E-state index contributed by atoms with van der Waals surface area (Å²) >= 11 is 6.99. The van der Waals surface area contributed by atoms with Crippen LogP contribution in [0.5, 0.6) is 0 Å². The van der Waals surface area contributed by atoms with Crippen LogP contribution >= 0.6 is 23.1 Å². The smallest absolute Gasteiger partial charge is 0.138 e. The lowest BCUT2D eigenvalue weighted by atomic mass is 10.2. The Morgan fingerprint density at radius 2 is 2.11 bits per heavy atom. The molecule has 7 heteroatoms. The van der Waals surface area contributed by atoms with Crippen molar-refractivity contribution in [1.29, 1.82) is 0 Å². The molecule has 0 aliphatic rings. The average molecular weight is 290 g/mol. The van der Waals surface area contributed by atoms with Gasteiger partial charge >= 0.3 is 0 Å². The van der Waals surface area contributed by atoms with Gasteiger partial charge in [0, 0.05) is 36.3 Å². The van der Waals surface area contributed by atoms with E-state index in [1.807, 2.05) is 4.90 Å². The fraction of sp³-hybridized carbons (Fsp3) is 0.273. The van der Waals surface area contributed by atoms with Crippen molar-refractivity contribution in [3.05, 3.63) is 45.4 Å². The fourth-order valence-electron chi connectivity index (χ4n) is 1.54. The van der Waals surface area contributed by atoms with Crippen LogP contribution in [0.25, 0.3) is 0 Å². The van der Waals surface area contributed by atoms with Gasteiger partial charge in [-0.15, -0.1) is 5.10 Å². The van der Waals surface area contributed by atoms with E-state index < -0.39 is 11.6 Å². The van der Waals surface area contributed by atoms with Crippen molar-refractivity contribution in [2.75, 3.05) is 7.05 Å². The first kappa shape index (κ1) is 13.3. The number of halogens is 3. The third kappa shape index (κ3) is 3.22. The molecule has 0 spiro atoms. The maximum Gasteiger partial charge on any atom is 0.138 e. The highest BCUT2D eigenvalue weighted by Gasteiger charge is 2.11. The number of aromatic nitrogens is 2. The Balaban J connectivity index is 2.03. The van der Waals surface area contributed by atoms with Gasteiger partial charge in [0.05, 0.1) is 0 Å². The topological polar surface area (TPSA) is 29.0 Å². The Kier molecular flexibility index (Phi) is 4.21. The minimum absolute atomic E-state index is 0.347. The predicted octanol–water partition coefficient (Wildman–Crippen LogP) is 3.10. The van der Waals surface area contributed by atoms with Crippen LogP contribution in [0, 0.1) is 11.6 Å². The lowest BCUT2D eigenvalue weighted by molar-refractivity contribution is 0.309. The molecule has 0 atom stereocenters. The van der Waals surface area contributed by atoms with E-state index >= 15 is 0 Å². The van der Waals surface area contributed by atoms with Gasteiger partial charge in [-0.1, -0.05) is 22.2 Å². The molecular formula is C11H10ClF2N3S. The summed E-state index contributed by atoms with van der Waals surface area (Å²) in [5, 5.41) is 3.88. The lowest BCUT2D eigenvalue weighted by Gasteiger charge is -2.15. The lowest BCUT2D eigenvalue weighted by Crippen LogP contribution is -2.18. The molecule has 1 aromatic heterocycles. The molecule has 2 rings (SSSR count). The van der Waals surface area contributed by atoms with Crippen molar-refractivity contribution < 1.29 is 8.78 Å². The first-order chi connectivity index (χ1) is 8.56. The third-order valence-electron chi connectivity index (χ3n) is 2.38. The van der Waals surface area contributed by atoms with Gasteiger partial charge in [-0.05, 0) is 13.1 Å². The molecule has 0 saturated carbocycles. The summed E-state index contributed by atoms with van der Waals surface area (Å²) in [6, 6.07) is 3.55. The summed E-state index contributed by atoms with van der Waals surface area (Å²) < 4.78 is 30.5. The number of rotatable bonds is 4. The number of hydrogen-bond donors (Lipinski definition) is 0. The standard InChI is InChI=1S/C11H10ClF2N3S/c1-17(6-10-11(12)18-16-15-10)5-7-2-3-8(13)4-9(7)14/h2-4H,5-6H2,1H3. The highest BCUT2D eigenvalue weighted by Crippen LogP contribution is 2.19. The Labute approximate surface area is 112 Å². The van der Waals surface area contributed by atoms with Crippen LogP contribution in [-0.4, -0.2) is 21.5 Å². The van der Waals surface area contributed by atoms with Crippen LogP contribution in [0.2, 0.25) is 4.34 Å². The second-order valence-corrected chi connectivity index (χ2v) is 5.26. The van der Waals surface area contributed by atoms with E-state index in [9.17, 15) is 8.78 Å². The summed E-state index contributed by atoms with van der Waals surface area (Å²) in [4.78, 5) is 1.83. The second-order valence-electron chi connectivity index (χ2n) is 3.90. The van der Waals surface area contributed by atoms with Gasteiger partial charge in [0.15, 0.2) is 0 Å². The quantitative estimate of drug-likeness (QED) is 0.866. The third-order valence-corrected chi connectivity index (χ3v) is 3.37. The molecule has 0 amide bonds. The first-order valence-corrected chi connectivity index (χ1v) is 6.30. The van der Waals surface area contributed by atoms with Crippen molar-refractivity contribution >= 4 is 23.1 Å². The molecule has 18 heavy (non-hydrogen) atoms. The first-order valence-electron chi connectivity index (χ1n) is 5.15. The number of benzene rings is 1. The summed E-state index contributed by atoms with van der Waals surface area (Å²) in [5.74, 6) is -1.13. The summed E-state index contributed by atoms with van der Waals surface area (Å²) in [6.07, 6.45) is 0. The molecule has 1 aromatic carbocycles. The highest BCUT2D eigenvalue weighted by molar-refractivity contribution is 7.10. The Bertz CT molecular complexity index is 547. The largest absolute Gasteiger partial charge is 0.296 e. The molecular weight excluding hydrogens is 280 g/mol. The van der Waals surface area contributed by atoms with Gasteiger partial charge in [0.2, 0.25) is 0 Å². The Morgan fingerprint density at radius 3 is 2.72 bits per heavy atom. The van der Waals surface area contributed by atoms with Gasteiger partial charge < -0.3 is 0 Å². The molecule has 0 radical (unpaired) electrons. The van der Waals surface area contributed by atoms with Crippen LogP contribution in [0.15, 0.2) is 18.2 Å². The summed E-state index contributed by atoms with van der Waals surface area (Å²) in [6.45, 7) is 0.812. The van der Waals surface area contributed by atoms with E-state index in [-0.39, 0.29) is 0 Å². The highest BCUT2D eigenvalue weighted by atomic mass is 35.5. The number of nitrogens with zero attached hydrogens (tertiary/aromatic N) is 3. The predicted molar refractivity (Wildman–Crippen MR) is 66.4 cm³/mol. The maximum atomic E-state index is 13.5. The summed E-state index contributed by atoms with van der Waals surface area (Å²) in [5.41, 5.74) is 1.09. The van der Waals surface area contributed by atoms with Crippen molar-refractivity contribution in [2.24, 2.45) is 0 Å². The molecule has 0 fully saturated rings. The zero-order chi connectivity index (χ0) is 13.1. The molecule has 0 unspecified atom stereocenters. The molecule has 0 aliphatic carbocycles. The second kappa shape index (κ2) is 5.69. The minimum Gasteiger partial charge on any atom is -0.296 e. The monoisotopic (exact) mass is 289 g/mol. The van der Waals surface area contributed by atoms with E-state index in [1.165, 1.54) is 12.1 Å². The van der Waals surface area contributed by atoms with Gasteiger partial charge in [0.1, 0.15) is 21.7 Å². The van der Waals surface area contributed by atoms with Crippen LogP contribution in [-0.2, 0) is 13.1 Å². The molecule has 0 N–H and O–H groups in total. The summed E-state index contributed by atoms with van der Waals surface area (Å²) in [7, 11) is 1.80. The molecule has 0 saturated heterocycles. The van der Waals surface area contributed by atoms with Crippen molar-refractivity contribution in [2.45, 2.75) is 13.1 Å². The Hall–Kier alpha value is -1.11. The van der Waals surface area contributed by atoms with Crippen molar-refractivity contribution in [1.82, 2.24) is 14.5 Å². The van der Waals surface area contributed by atoms with Crippen LogP contribution in [0.1, 0.15) is 11.3 Å². The van der Waals surface area contributed by atoms with Crippen LogP contribution in [0.4, 0.5) is 8.78 Å². The van der Waals surface area contributed by atoms with Gasteiger partial charge in [0.25, 0.3) is 0 Å².